The van der Waals surface area contributed by atoms with Crippen LogP contribution in [0.1, 0.15) is 12.7 Å². The van der Waals surface area contributed by atoms with E-state index < -0.39 is 0 Å². The Morgan fingerprint density at radius 1 is 1.46 bits per heavy atom. The van der Waals surface area contributed by atoms with E-state index in [2.05, 4.69) is 12.2 Å². The van der Waals surface area contributed by atoms with Crippen LogP contribution in [0, 0.1) is 0 Å². The van der Waals surface area contributed by atoms with Crippen LogP contribution in [0.15, 0.2) is 22.8 Å². The number of thioether (sulfide) groups is 1. The van der Waals surface area contributed by atoms with Crippen molar-refractivity contribution < 1.29 is 4.42 Å². The third-order valence-electron chi connectivity index (χ3n) is 1.76. The fourth-order valence-corrected chi connectivity index (χ4v) is 1.66. The van der Waals surface area contributed by atoms with Gasteiger partial charge in [-0.3, -0.25) is 0 Å². The molecule has 1 N–H and O–H groups in total. The van der Waals surface area contributed by atoms with Crippen molar-refractivity contribution in [3.63, 3.8) is 0 Å². The summed E-state index contributed by atoms with van der Waals surface area (Å²) < 4.78 is 5.22. The van der Waals surface area contributed by atoms with E-state index in [9.17, 15) is 0 Å². The zero-order chi connectivity index (χ0) is 9.36. The van der Waals surface area contributed by atoms with E-state index in [4.69, 9.17) is 4.42 Å². The van der Waals surface area contributed by atoms with Crippen LogP contribution in [0.2, 0.25) is 0 Å². The van der Waals surface area contributed by atoms with Gasteiger partial charge in [0.1, 0.15) is 5.76 Å². The maximum Gasteiger partial charge on any atom is 0.105 e. The normalized spacial score (nSPS) is 10.5. The second-order valence-electron chi connectivity index (χ2n) is 2.78. The average molecular weight is 199 g/mol. The molecule has 74 valence electrons. The molecule has 0 atom stereocenters. The Bertz CT molecular complexity index is 199. The van der Waals surface area contributed by atoms with Gasteiger partial charge < -0.3 is 9.73 Å². The molecule has 0 fully saturated rings. The molecule has 0 spiro atoms. The number of furan rings is 1. The largest absolute Gasteiger partial charge is 0.469 e. The van der Waals surface area contributed by atoms with Gasteiger partial charge in [0.15, 0.2) is 0 Å². The van der Waals surface area contributed by atoms with Crippen molar-refractivity contribution in [3.8, 4) is 0 Å². The van der Waals surface area contributed by atoms with Crippen LogP contribution in [-0.4, -0.2) is 24.6 Å². The van der Waals surface area contributed by atoms with Gasteiger partial charge in [0, 0.05) is 25.3 Å². The number of nitrogens with one attached hydrogen (secondary N) is 1. The summed E-state index contributed by atoms with van der Waals surface area (Å²) in [6, 6.07) is 3.95. The third-order valence-corrected chi connectivity index (χ3v) is 2.66. The summed E-state index contributed by atoms with van der Waals surface area (Å²) in [6.07, 6.45) is 2.71. The molecule has 0 aromatic carbocycles. The molecule has 0 radical (unpaired) electrons. The predicted octanol–water partition coefficient (Wildman–Crippen LogP) is 2.16. The van der Waals surface area contributed by atoms with Gasteiger partial charge in [-0.05, 0) is 17.9 Å². The van der Waals surface area contributed by atoms with Crippen molar-refractivity contribution in [2.24, 2.45) is 0 Å². The fourth-order valence-electron chi connectivity index (χ4n) is 1.08. The second kappa shape index (κ2) is 7.04. The lowest BCUT2D eigenvalue weighted by Crippen LogP contribution is -2.19. The quantitative estimate of drug-likeness (QED) is 0.681. The lowest BCUT2D eigenvalue weighted by atomic mass is 10.3. The van der Waals surface area contributed by atoms with Crippen LogP contribution < -0.4 is 5.32 Å². The van der Waals surface area contributed by atoms with Gasteiger partial charge in [0.2, 0.25) is 0 Å². The highest BCUT2D eigenvalue weighted by molar-refractivity contribution is 7.99. The first-order chi connectivity index (χ1) is 6.43. The molecule has 0 aliphatic rings. The summed E-state index contributed by atoms with van der Waals surface area (Å²) in [5.74, 6) is 3.48. The molecular weight excluding hydrogens is 182 g/mol. The standard InChI is InChI=1S/C10H17NOS/c1-2-13-9-7-11-6-5-10-4-3-8-12-10/h3-4,8,11H,2,5-7,9H2,1H3. The summed E-state index contributed by atoms with van der Waals surface area (Å²) in [6.45, 7) is 4.30. The minimum Gasteiger partial charge on any atom is -0.469 e. The fraction of sp³-hybridized carbons (Fsp3) is 0.600. The Balaban J connectivity index is 1.90. The molecular formula is C10H17NOS. The molecule has 1 heterocycles. The van der Waals surface area contributed by atoms with Crippen LogP contribution >= 0.6 is 11.8 Å². The topological polar surface area (TPSA) is 25.2 Å². The molecule has 0 saturated heterocycles. The predicted molar refractivity (Wildman–Crippen MR) is 58.3 cm³/mol. The van der Waals surface area contributed by atoms with Crippen molar-refractivity contribution >= 4 is 11.8 Å². The van der Waals surface area contributed by atoms with Gasteiger partial charge in [-0.1, -0.05) is 6.92 Å². The zero-order valence-electron chi connectivity index (χ0n) is 8.08. The van der Waals surface area contributed by atoms with E-state index >= 15 is 0 Å². The lowest BCUT2D eigenvalue weighted by Gasteiger charge is -2.01. The summed E-state index contributed by atoms with van der Waals surface area (Å²) in [4.78, 5) is 0. The van der Waals surface area contributed by atoms with Gasteiger partial charge in [0.25, 0.3) is 0 Å². The highest BCUT2D eigenvalue weighted by Gasteiger charge is 1.93. The van der Waals surface area contributed by atoms with Crippen molar-refractivity contribution in [2.45, 2.75) is 13.3 Å². The minimum atomic E-state index is 0.990. The Morgan fingerprint density at radius 2 is 2.38 bits per heavy atom. The van der Waals surface area contributed by atoms with E-state index in [1.165, 1.54) is 11.5 Å². The molecule has 0 saturated carbocycles. The monoisotopic (exact) mass is 199 g/mol. The van der Waals surface area contributed by atoms with Gasteiger partial charge in [0.05, 0.1) is 6.26 Å². The van der Waals surface area contributed by atoms with Crippen LogP contribution in [-0.2, 0) is 6.42 Å². The molecule has 0 amide bonds. The van der Waals surface area contributed by atoms with Crippen molar-refractivity contribution in [2.75, 3.05) is 24.6 Å². The molecule has 0 bridgehead atoms. The molecule has 1 rings (SSSR count). The van der Waals surface area contributed by atoms with Crippen LogP contribution in [0.5, 0.6) is 0 Å². The second-order valence-corrected chi connectivity index (χ2v) is 4.17. The van der Waals surface area contributed by atoms with Crippen LogP contribution in [0.4, 0.5) is 0 Å². The van der Waals surface area contributed by atoms with Gasteiger partial charge >= 0.3 is 0 Å². The van der Waals surface area contributed by atoms with E-state index in [1.807, 2.05) is 23.9 Å². The van der Waals surface area contributed by atoms with E-state index in [1.54, 1.807) is 6.26 Å². The minimum absolute atomic E-state index is 0.990. The lowest BCUT2D eigenvalue weighted by molar-refractivity contribution is 0.501. The molecule has 0 unspecified atom stereocenters. The maximum absolute atomic E-state index is 5.22. The molecule has 1 aromatic heterocycles. The Kier molecular flexibility index (Phi) is 5.78. The molecule has 13 heavy (non-hydrogen) atoms. The van der Waals surface area contributed by atoms with E-state index in [0.717, 1.165) is 25.3 Å². The molecule has 1 aromatic rings. The molecule has 3 heteroatoms. The summed E-state index contributed by atoms with van der Waals surface area (Å²) in [5.41, 5.74) is 0. The average Bonchev–Trinajstić information content (AvgIpc) is 2.63. The SMILES string of the molecule is CCSCCNCCc1ccco1. The van der Waals surface area contributed by atoms with E-state index in [0.29, 0.717) is 0 Å². The van der Waals surface area contributed by atoms with E-state index in [-0.39, 0.29) is 0 Å². The third kappa shape index (κ3) is 5.01. The first-order valence-electron chi connectivity index (χ1n) is 4.74. The number of hydrogen-bond acceptors (Lipinski definition) is 3. The van der Waals surface area contributed by atoms with Gasteiger partial charge in [-0.2, -0.15) is 11.8 Å². The first kappa shape index (κ1) is 10.7. The Labute approximate surface area is 84.1 Å². The summed E-state index contributed by atoms with van der Waals surface area (Å²) in [7, 11) is 0. The highest BCUT2D eigenvalue weighted by Crippen LogP contribution is 1.99. The van der Waals surface area contributed by atoms with Gasteiger partial charge in [-0.15, -0.1) is 0 Å². The smallest absolute Gasteiger partial charge is 0.105 e. The molecule has 2 nitrogen and oxygen atoms in total. The first-order valence-corrected chi connectivity index (χ1v) is 5.89. The van der Waals surface area contributed by atoms with Crippen molar-refractivity contribution in [3.05, 3.63) is 24.2 Å². The molecule has 0 aliphatic carbocycles. The zero-order valence-corrected chi connectivity index (χ0v) is 8.90. The maximum atomic E-state index is 5.22. The highest BCUT2D eigenvalue weighted by atomic mass is 32.2. The van der Waals surface area contributed by atoms with Crippen LogP contribution in [0.25, 0.3) is 0 Å². The molecule has 0 aliphatic heterocycles. The van der Waals surface area contributed by atoms with Gasteiger partial charge in [-0.25, -0.2) is 0 Å². The van der Waals surface area contributed by atoms with Crippen LogP contribution in [0.3, 0.4) is 0 Å². The number of hydrogen-bond donors (Lipinski definition) is 1. The Morgan fingerprint density at radius 3 is 3.08 bits per heavy atom. The Hall–Kier alpha value is -0.410. The van der Waals surface area contributed by atoms with Crippen molar-refractivity contribution in [1.82, 2.24) is 5.32 Å². The number of rotatable bonds is 7. The summed E-state index contributed by atoms with van der Waals surface area (Å²) >= 11 is 1.97. The van der Waals surface area contributed by atoms with Crippen molar-refractivity contribution in [1.29, 1.82) is 0 Å². The summed E-state index contributed by atoms with van der Waals surface area (Å²) in [5, 5.41) is 3.38.